The third-order valence-corrected chi connectivity index (χ3v) is 3.77. The fourth-order valence-corrected chi connectivity index (χ4v) is 2.85. The Morgan fingerprint density at radius 1 is 1.29 bits per heavy atom. The highest BCUT2D eigenvalue weighted by atomic mass is 79.9. The van der Waals surface area contributed by atoms with Gasteiger partial charge in [-0.2, -0.15) is 0 Å². The van der Waals surface area contributed by atoms with Crippen molar-refractivity contribution in [3.05, 3.63) is 26.6 Å². The molecule has 0 spiro atoms. The lowest BCUT2D eigenvalue weighted by atomic mass is 10.1. The van der Waals surface area contributed by atoms with Crippen LogP contribution in [0.5, 0.6) is 5.75 Å². The van der Waals surface area contributed by atoms with Crippen LogP contribution in [0.25, 0.3) is 0 Å². The van der Waals surface area contributed by atoms with Gasteiger partial charge in [-0.3, -0.25) is 4.79 Å². The van der Waals surface area contributed by atoms with Crippen LogP contribution >= 0.6 is 47.8 Å². The summed E-state index contributed by atoms with van der Waals surface area (Å²) in [6.45, 7) is 0.620. The van der Waals surface area contributed by atoms with Gasteiger partial charge < -0.3 is 10.5 Å². The zero-order valence-electron chi connectivity index (χ0n) is 9.01. The summed E-state index contributed by atoms with van der Waals surface area (Å²) in [6, 6.07) is 3.45. The average molecular weight is 430 g/mol. The third-order valence-electron chi connectivity index (χ3n) is 2.03. The molecule has 0 fully saturated rings. The van der Waals surface area contributed by atoms with E-state index in [1.807, 2.05) is 0 Å². The van der Waals surface area contributed by atoms with E-state index in [0.29, 0.717) is 17.9 Å². The first-order valence-corrected chi connectivity index (χ1v) is 7.72. The second-order valence-corrected chi connectivity index (χ2v) is 5.79. The molecule has 0 aliphatic heterocycles. The highest BCUT2D eigenvalue weighted by molar-refractivity contribution is 9.11. The number of carbonyl (C=O) groups excluding carboxylic acids is 1. The average Bonchev–Trinajstić information content (AvgIpc) is 2.31. The van der Waals surface area contributed by atoms with Crippen LogP contribution in [-0.4, -0.2) is 24.3 Å². The minimum Gasteiger partial charge on any atom is -0.491 e. The molecule has 94 valence electrons. The van der Waals surface area contributed by atoms with E-state index < -0.39 is 0 Å². The summed E-state index contributed by atoms with van der Waals surface area (Å²) >= 11 is 10.1. The van der Waals surface area contributed by atoms with E-state index in [1.54, 1.807) is 12.1 Å². The minimum atomic E-state index is -0.0987. The molecule has 0 amide bonds. The lowest BCUT2D eigenvalue weighted by Gasteiger charge is -2.11. The number of carbonyl (C=O) groups is 1. The number of ketones is 1. The van der Waals surface area contributed by atoms with Crippen molar-refractivity contribution < 1.29 is 9.53 Å². The molecule has 0 aliphatic rings. The molecule has 2 N–H and O–H groups in total. The summed E-state index contributed by atoms with van der Waals surface area (Å²) < 4.78 is 7.11. The zero-order valence-corrected chi connectivity index (χ0v) is 13.8. The highest BCUT2D eigenvalue weighted by Gasteiger charge is 2.12. The first-order valence-electron chi connectivity index (χ1n) is 5.01. The molecule has 0 saturated carbocycles. The van der Waals surface area contributed by atoms with Gasteiger partial charge in [-0.15, -0.1) is 0 Å². The number of alkyl halides is 1. The van der Waals surface area contributed by atoms with Crippen molar-refractivity contribution in [1.82, 2.24) is 0 Å². The second kappa shape index (κ2) is 7.51. The largest absolute Gasteiger partial charge is 0.491 e. The van der Waals surface area contributed by atoms with Gasteiger partial charge in [0.15, 0.2) is 5.78 Å². The van der Waals surface area contributed by atoms with E-state index in [1.165, 1.54) is 0 Å². The van der Waals surface area contributed by atoms with Crippen molar-refractivity contribution in [3.8, 4) is 5.75 Å². The van der Waals surface area contributed by atoms with E-state index >= 15 is 0 Å². The van der Waals surface area contributed by atoms with Crippen molar-refractivity contribution in [1.29, 1.82) is 0 Å². The van der Waals surface area contributed by atoms with E-state index in [4.69, 9.17) is 10.5 Å². The minimum absolute atomic E-state index is 0.00265. The maximum atomic E-state index is 11.5. The number of ether oxygens (including phenoxy) is 1. The third kappa shape index (κ3) is 4.35. The topological polar surface area (TPSA) is 52.3 Å². The predicted molar refractivity (Wildman–Crippen MR) is 79.1 cm³/mol. The monoisotopic (exact) mass is 427 g/mol. The Morgan fingerprint density at radius 2 is 1.88 bits per heavy atom. The smallest absolute Gasteiger partial charge is 0.176 e. The van der Waals surface area contributed by atoms with Crippen molar-refractivity contribution in [2.24, 2.45) is 5.73 Å². The molecule has 0 aromatic heterocycles. The molecule has 0 atom stereocenters. The standard InChI is InChI=1S/C11H12Br3NO2/c12-2-1-3-17-11-8(13)4-7(5-9(11)14)10(16)6-15/h4-5H,1-3,6,15H2. The van der Waals surface area contributed by atoms with E-state index in [2.05, 4.69) is 47.8 Å². The molecule has 0 unspecified atom stereocenters. The Hall–Kier alpha value is 0.0900. The van der Waals surface area contributed by atoms with Crippen molar-refractivity contribution >= 4 is 53.6 Å². The molecule has 1 aromatic carbocycles. The van der Waals surface area contributed by atoms with Gasteiger partial charge in [0, 0.05) is 10.9 Å². The van der Waals surface area contributed by atoms with Gasteiger partial charge in [0.1, 0.15) is 5.75 Å². The zero-order chi connectivity index (χ0) is 12.8. The summed E-state index contributed by atoms with van der Waals surface area (Å²) in [7, 11) is 0. The molecule has 1 rings (SSSR count). The lowest BCUT2D eigenvalue weighted by Crippen LogP contribution is -2.13. The normalized spacial score (nSPS) is 10.4. The summed E-state index contributed by atoms with van der Waals surface area (Å²) in [5, 5.41) is 0.895. The van der Waals surface area contributed by atoms with Crippen LogP contribution in [0, 0.1) is 0 Å². The lowest BCUT2D eigenvalue weighted by molar-refractivity contribution is 0.100. The van der Waals surface area contributed by atoms with Gasteiger partial charge >= 0.3 is 0 Å². The second-order valence-electron chi connectivity index (χ2n) is 3.29. The van der Waals surface area contributed by atoms with Gasteiger partial charge in [-0.1, -0.05) is 15.9 Å². The molecule has 6 heteroatoms. The van der Waals surface area contributed by atoms with E-state index in [0.717, 1.165) is 20.7 Å². The molecule has 0 saturated heterocycles. The number of halogens is 3. The number of hydrogen-bond acceptors (Lipinski definition) is 3. The van der Waals surface area contributed by atoms with Crippen LogP contribution in [0.3, 0.4) is 0 Å². The van der Waals surface area contributed by atoms with Gasteiger partial charge in [0.2, 0.25) is 0 Å². The molecule has 0 radical (unpaired) electrons. The molecule has 1 aromatic rings. The first-order chi connectivity index (χ1) is 8.10. The van der Waals surface area contributed by atoms with Crippen molar-refractivity contribution in [2.75, 3.05) is 18.5 Å². The molecular weight excluding hydrogens is 418 g/mol. The SMILES string of the molecule is NCC(=O)c1cc(Br)c(OCCCBr)c(Br)c1. The first kappa shape index (κ1) is 15.1. The van der Waals surface area contributed by atoms with Crippen LogP contribution in [-0.2, 0) is 0 Å². The fourth-order valence-electron chi connectivity index (χ4n) is 1.21. The fraction of sp³-hybridized carbons (Fsp3) is 0.364. The molecule has 17 heavy (non-hydrogen) atoms. The molecule has 0 aliphatic carbocycles. The van der Waals surface area contributed by atoms with Gasteiger partial charge in [-0.25, -0.2) is 0 Å². The number of hydrogen-bond donors (Lipinski definition) is 1. The van der Waals surface area contributed by atoms with Gasteiger partial charge in [0.05, 0.1) is 22.1 Å². The van der Waals surface area contributed by atoms with Crippen LogP contribution in [0.2, 0.25) is 0 Å². The van der Waals surface area contributed by atoms with Gasteiger partial charge in [0.25, 0.3) is 0 Å². The molecule has 3 nitrogen and oxygen atoms in total. The van der Waals surface area contributed by atoms with Gasteiger partial charge in [-0.05, 0) is 50.4 Å². The number of rotatable bonds is 6. The quantitative estimate of drug-likeness (QED) is 0.427. The Labute approximate surface area is 125 Å². The van der Waals surface area contributed by atoms with Crippen molar-refractivity contribution in [3.63, 3.8) is 0 Å². The summed E-state index contributed by atoms with van der Waals surface area (Å²) in [5.74, 6) is 0.609. The van der Waals surface area contributed by atoms with Crippen LogP contribution < -0.4 is 10.5 Å². The molecule has 0 bridgehead atoms. The Balaban J connectivity index is 2.90. The molecular formula is C11H12Br3NO2. The van der Waals surface area contributed by atoms with Crippen LogP contribution in [0.4, 0.5) is 0 Å². The van der Waals surface area contributed by atoms with Crippen LogP contribution in [0.1, 0.15) is 16.8 Å². The Morgan fingerprint density at radius 3 is 2.35 bits per heavy atom. The summed E-state index contributed by atoms with van der Waals surface area (Å²) in [5.41, 5.74) is 5.89. The Kier molecular flexibility index (Phi) is 6.69. The van der Waals surface area contributed by atoms with Crippen molar-refractivity contribution in [2.45, 2.75) is 6.42 Å². The number of nitrogens with two attached hydrogens (primary N) is 1. The molecule has 0 heterocycles. The van der Waals surface area contributed by atoms with E-state index in [-0.39, 0.29) is 12.3 Å². The number of benzene rings is 1. The number of Topliss-reactive ketones (excluding diaryl/α,β-unsaturated/α-hetero) is 1. The predicted octanol–water partition coefficient (Wildman–Crippen LogP) is 3.52. The maximum Gasteiger partial charge on any atom is 0.176 e. The summed E-state index contributed by atoms with van der Waals surface area (Å²) in [4.78, 5) is 11.5. The maximum absolute atomic E-state index is 11.5. The Bertz CT molecular complexity index is 387. The summed E-state index contributed by atoms with van der Waals surface area (Å²) in [6.07, 6.45) is 0.919. The highest BCUT2D eigenvalue weighted by Crippen LogP contribution is 2.35. The van der Waals surface area contributed by atoms with E-state index in [9.17, 15) is 4.79 Å². The van der Waals surface area contributed by atoms with Crippen LogP contribution in [0.15, 0.2) is 21.1 Å².